The van der Waals surface area contributed by atoms with Crippen LogP contribution in [0.3, 0.4) is 0 Å². The maximum Gasteiger partial charge on any atom is 0.236 e. The number of carbonyl (C=O) groups excluding carboxylic acids is 1. The van der Waals surface area contributed by atoms with E-state index in [1.165, 1.54) is 18.2 Å². The number of amides is 1. The highest BCUT2D eigenvalue weighted by atomic mass is 35.5. The van der Waals surface area contributed by atoms with Crippen LogP contribution in [0.1, 0.15) is 46.5 Å². The summed E-state index contributed by atoms with van der Waals surface area (Å²) in [5.41, 5.74) is 0.935. The quantitative estimate of drug-likeness (QED) is 0.641. The summed E-state index contributed by atoms with van der Waals surface area (Å²) < 4.78 is 2.05. The Morgan fingerprint density at radius 1 is 1.33 bits per heavy atom. The summed E-state index contributed by atoms with van der Waals surface area (Å²) in [5.74, 6) is 0.994. The summed E-state index contributed by atoms with van der Waals surface area (Å²) in [7, 11) is 0. The molecule has 0 saturated carbocycles. The van der Waals surface area contributed by atoms with E-state index in [4.69, 9.17) is 11.6 Å². The lowest BCUT2D eigenvalue weighted by Gasteiger charge is -2.36. The van der Waals surface area contributed by atoms with Crippen molar-refractivity contribution >= 4 is 29.3 Å². The van der Waals surface area contributed by atoms with Crippen LogP contribution in [0.25, 0.3) is 11.4 Å². The van der Waals surface area contributed by atoms with Gasteiger partial charge in [0, 0.05) is 29.7 Å². The summed E-state index contributed by atoms with van der Waals surface area (Å²) in [5, 5.41) is 9.99. The summed E-state index contributed by atoms with van der Waals surface area (Å²) >= 11 is 7.62. The van der Waals surface area contributed by atoms with E-state index in [2.05, 4.69) is 28.9 Å². The Morgan fingerprint density at radius 2 is 2.15 bits per heavy atom. The minimum atomic E-state index is -0.182. The van der Waals surface area contributed by atoms with Crippen LogP contribution >= 0.6 is 23.4 Å². The third kappa shape index (κ3) is 4.49. The molecule has 1 aliphatic rings. The number of piperidine rings is 1. The summed E-state index contributed by atoms with van der Waals surface area (Å²) in [4.78, 5) is 15.1. The van der Waals surface area contributed by atoms with Crippen molar-refractivity contribution in [2.24, 2.45) is 0 Å². The molecule has 5 nitrogen and oxygen atoms in total. The van der Waals surface area contributed by atoms with Crippen molar-refractivity contribution in [3.05, 3.63) is 29.3 Å². The van der Waals surface area contributed by atoms with E-state index in [0.717, 1.165) is 48.9 Å². The molecule has 0 spiro atoms. The van der Waals surface area contributed by atoms with Crippen LogP contribution in [0.2, 0.25) is 5.02 Å². The Kier molecular flexibility index (Phi) is 6.82. The van der Waals surface area contributed by atoms with Gasteiger partial charge in [-0.1, -0.05) is 42.4 Å². The van der Waals surface area contributed by atoms with Crippen LogP contribution in [-0.2, 0) is 11.3 Å². The lowest BCUT2D eigenvalue weighted by molar-refractivity contribution is -0.134. The lowest BCUT2D eigenvalue weighted by atomic mass is 10.00. The normalized spacial score (nSPS) is 18.5. The maximum atomic E-state index is 13.0. The van der Waals surface area contributed by atoms with Crippen LogP contribution in [0.4, 0.5) is 0 Å². The topological polar surface area (TPSA) is 51.0 Å². The van der Waals surface area contributed by atoms with E-state index in [1.807, 2.05) is 35.8 Å². The van der Waals surface area contributed by atoms with Crippen molar-refractivity contribution in [2.45, 2.75) is 69.4 Å². The monoisotopic (exact) mass is 406 g/mol. The third-order valence-electron chi connectivity index (χ3n) is 5.13. The van der Waals surface area contributed by atoms with Crippen molar-refractivity contribution in [1.29, 1.82) is 0 Å². The first-order chi connectivity index (χ1) is 13.0. The molecule has 2 heterocycles. The van der Waals surface area contributed by atoms with E-state index in [-0.39, 0.29) is 11.2 Å². The van der Waals surface area contributed by atoms with Crippen LogP contribution in [0.5, 0.6) is 0 Å². The van der Waals surface area contributed by atoms with Gasteiger partial charge in [-0.15, -0.1) is 10.2 Å². The first-order valence-electron chi connectivity index (χ1n) is 9.71. The molecule has 2 unspecified atom stereocenters. The molecule has 0 aliphatic carbocycles. The molecule has 7 heteroatoms. The SMILES string of the molecule is CCC1CCCCN1C(=O)C(C)Sc1nnc(-c2cccc(Cl)c2)n1CC. The fourth-order valence-corrected chi connectivity index (χ4v) is 4.83. The fourth-order valence-electron chi connectivity index (χ4n) is 3.66. The van der Waals surface area contributed by atoms with Gasteiger partial charge in [0.25, 0.3) is 0 Å². The van der Waals surface area contributed by atoms with E-state index in [0.29, 0.717) is 11.1 Å². The molecule has 0 N–H and O–H groups in total. The molecule has 146 valence electrons. The van der Waals surface area contributed by atoms with Gasteiger partial charge in [-0.05, 0) is 51.7 Å². The molecule has 0 bridgehead atoms. The summed E-state index contributed by atoms with van der Waals surface area (Å²) in [6.45, 7) is 7.81. The van der Waals surface area contributed by atoms with E-state index < -0.39 is 0 Å². The van der Waals surface area contributed by atoms with Gasteiger partial charge in [0.1, 0.15) is 0 Å². The van der Waals surface area contributed by atoms with Gasteiger partial charge in [0.2, 0.25) is 5.91 Å². The minimum absolute atomic E-state index is 0.182. The first-order valence-corrected chi connectivity index (χ1v) is 11.0. The zero-order chi connectivity index (χ0) is 19.4. The van der Waals surface area contributed by atoms with E-state index in [9.17, 15) is 4.79 Å². The summed E-state index contributed by atoms with van der Waals surface area (Å²) in [6.07, 6.45) is 4.46. The van der Waals surface area contributed by atoms with Gasteiger partial charge in [-0.25, -0.2) is 0 Å². The number of carbonyl (C=O) groups is 1. The molecule has 1 aromatic heterocycles. The predicted octanol–water partition coefficient (Wildman–Crippen LogP) is 4.89. The van der Waals surface area contributed by atoms with Gasteiger partial charge in [-0.2, -0.15) is 0 Å². The van der Waals surface area contributed by atoms with Gasteiger partial charge < -0.3 is 9.47 Å². The van der Waals surface area contributed by atoms with Crippen LogP contribution in [-0.4, -0.2) is 43.4 Å². The number of nitrogens with zero attached hydrogens (tertiary/aromatic N) is 4. The minimum Gasteiger partial charge on any atom is -0.339 e. The summed E-state index contributed by atoms with van der Waals surface area (Å²) in [6, 6.07) is 7.99. The van der Waals surface area contributed by atoms with Gasteiger partial charge in [0.05, 0.1) is 5.25 Å². The Balaban J connectivity index is 1.78. The Bertz CT molecular complexity index is 794. The highest BCUT2D eigenvalue weighted by molar-refractivity contribution is 8.00. The molecule has 27 heavy (non-hydrogen) atoms. The third-order valence-corrected chi connectivity index (χ3v) is 6.43. The van der Waals surface area contributed by atoms with Gasteiger partial charge in [-0.3, -0.25) is 4.79 Å². The number of rotatable bonds is 6. The second-order valence-corrected chi connectivity index (χ2v) is 8.65. The van der Waals surface area contributed by atoms with E-state index in [1.54, 1.807) is 0 Å². The molecule has 2 atom stereocenters. The van der Waals surface area contributed by atoms with Crippen LogP contribution in [0.15, 0.2) is 29.4 Å². The fraction of sp³-hybridized carbons (Fsp3) is 0.550. The Hall–Kier alpha value is -1.53. The number of hydrogen-bond acceptors (Lipinski definition) is 4. The van der Waals surface area contributed by atoms with Crippen molar-refractivity contribution in [2.75, 3.05) is 6.54 Å². The second-order valence-electron chi connectivity index (χ2n) is 6.91. The lowest BCUT2D eigenvalue weighted by Crippen LogP contribution is -2.46. The molecule has 1 amide bonds. The van der Waals surface area contributed by atoms with Crippen LogP contribution in [0, 0.1) is 0 Å². The second kappa shape index (κ2) is 9.11. The first kappa shape index (κ1) is 20.2. The molecule has 1 aromatic carbocycles. The maximum absolute atomic E-state index is 13.0. The highest BCUT2D eigenvalue weighted by Gasteiger charge is 2.30. The van der Waals surface area contributed by atoms with Crippen molar-refractivity contribution in [3.63, 3.8) is 0 Å². The van der Waals surface area contributed by atoms with Crippen molar-refractivity contribution < 1.29 is 4.79 Å². The number of aromatic nitrogens is 3. The molecular weight excluding hydrogens is 380 g/mol. The predicted molar refractivity (Wildman–Crippen MR) is 111 cm³/mol. The van der Waals surface area contributed by atoms with Crippen molar-refractivity contribution in [1.82, 2.24) is 19.7 Å². The zero-order valence-electron chi connectivity index (χ0n) is 16.2. The average molecular weight is 407 g/mol. The molecule has 1 aliphatic heterocycles. The van der Waals surface area contributed by atoms with Crippen molar-refractivity contribution in [3.8, 4) is 11.4 Å². The van der Waals surface area contributed by atoms with Crippen LogP contribution < -0.4 is 0 Å². The average Bonchev–Trinajstić information content (AvgIpc) is 3.09. The van der Waals surface area contributed by atoms with Gasteiger partial charge in [0.15, 0.2) is 11.0 Å². The smallest absolute Gasteiger partial charge is 0.236 e. The number of halogens is 1. The Labute approximate surface area is 170 Å². The molecule has 2 aromatic rings. The largest absolute Gasteiger partial charge is 0.339 e. The number of benzene rings is 1. The molecule has 3 rings (SSSR count). The number of likely N-dealkylation sites (tertiary alicyclic amines) is 1. The molecule has 1 saturated heterocycles. The molecule has 1 fully saturated rings. The Morgan fingerprint density at radius 3 is 2.85 bits per heavy atom. The number of hydrogen-bond donors (Lipinski definition) is 0. The zero-order valence-corrected chi connectivity index (χ0v) is 17.8. The van der Waals surface area contributed by atoms with Gasteiger partial charge >= 0.3 is 0 Å². The number of thioether (sulfide) groups is 1. The standard InChI is InChI=1S/C20H27ClN4OS/c1-4-17-11-6-7-12-25(17)19(26)14(3)27-20-23-22-18(24(20)5-2)15-9-8-10-16(21)13-15/h8-10,13-14,17H,4-7,11-12H2,1-3H3. The van der Waals surface area contributed by atoms with E-state index >= 15 is 0 Å². The molecular formula is C20H27ClN4OS. The molecule has 0 radical (unpaired) electrons. The highest BCUT2D eigenvalue weighted by Crippen LogP contribution is 2.30.